The SMILES string of the molecule is CN(Cc1ccccc1)C(=O)c1cccc(NCC(=O)Nc2ccc(NC(=O)CCc3ccccc3)cc2)c1. The number of carbonyl (C=O) groups is 3. The molecule has 0 saturated carbocycles. The van der Waals surface area contributed by atoms with Crippen LogP contribution in [0, 0.1) is 0 Å². The van der Waals surface area contributed by atoms with E-state index in [1.165, 1.54) is 0 Å². The first kappa shape index (κ1) is 27.1. The summed E-state index contributed by atoms with van der Waals surface area (Å²) < 4.78 is 0. The fourth-order valence-corrected chi connectivity index (χ4v) is 4.06. The number of rotatable bonds is 11. The molecule has 0 aromatic heterocycles. The normalized spacial score (nSPS) is 10.4. The van der Waals surface area contributed by atoms with Crippen molar-refractivity contribution in [2.75, 3.05) is 29.5 Å². The molecule has 198 valence electrons. The van der Waals surface area contributed by atoms with Gasteiger partial charge < -0.3 is 20.9 Å². The Morgan fingerprint density at radius 2 is 1.23 bits per heavy atom. The quantitative estimate of drug-likeness (QED) is 0.241. The number of carbonyl (C=O) groups excluding carboxylic acids is 3. The average Bonchev–Trinajstić information content (AvgIpc) is 2.97. The first-order valence-corrected chi connectivity index (χ1v) is 12.8. The van der Waals surface area contributed by atoms with Crippen LogP contribution in [0.3, 0.4) is 0 Å². The van der Waals surface area contributed by atoms with E-state index < -0.39 is 0 Å². The molecule has 4 rings (SSSR count). The summed E-state index contributed by atoms with van der Waals surface area (Å²) in [5, 5.41) is 8.79. The Labute approximate surface area is 228 Å². The van der Waals surface area contributed by atoms with Crippen molar-refractivity contribution >= 4 is 34.8 Å². The van der Waals surface area contributed by atoms with E-state index in [0.29, 0.717) is 42.0 Å². The van der Waals surface area contributed by atoms with Gasteiger partial charge in [-0.15, -0.1) is 0 Å². The van der Waals surface area contributed by atoms with Gasteiger partial charge >= 0.3 is 0 Å². The minimum absolute atomic E-state index is 0.0372. The van der Waals surface area contributed by atoms with Gasteiger partial charge in [0.05, 0.1) is 6.54 Å². The maximum absolute atomic E-state index is 12.9. The molecule has 0 saturated heterocycles. The van der Waals surface area contributed by atoms with E-state index in [4.69, 9.17) is 0 Å². The highest BCUT2D eigenvalue weighted by molar-refractivity contribution is 5.96. The number of anilines is 3. The van der Waals surface area contributed by atoms with Gasteiger partial charge in [0.1, 0.15) is 0 Å². The van der Waals surface area contributed by atoms with Gasteiger partial charge in [-0.1, -0.05) is 66.7 Å². The van der Waals surface area contributed by atoms with Crippen molar-refractivity contribution in [2.45, 2.75) is 19.4 Å². The smallest absolute Gasteiger partial charge is 0.253 e. The molecule has 0 radical (unpaired) electrons. The van der Waals surface area contributed by atoms with Gasteiger partial charge in [0, 0.05) is 42.6 Å². The van der Waals surface area contributed by atoms with E-state index in [1.807, 2.05) is 66.7 Å². The second-order valence-electron chi connectivity index (χ2n) is 9.24. The predicted molar refractivity (Wildman–Crippen MR) is 156 cm³/mol. The molecular formula is C32H32N4O3. The predicted octanol–water partition coefficient (Wildman–Crippen LogP) is 5.58. The zero-order valence-corrected chi connectivity index (χ0v) is 21.9. The van der Waals surface area contributed by atoms with Crippen LogP contribution < -0.4 is 16.0 Å². The number of hydrogen-bond donors (Lipinski definition) is 3. The molecule has 0 bridgehead atoms. The van der Waals surface area contributed by atoms with Crippen LogP contribution in [0.1, 0.15) is 27.9 Å². The van der Waals surface area contributed by atoms with Gasteiger partial charge in [-0.25, -0.2) is 0 Å². The topological polar surface area (TPSA) is 90.5 Å². The maximum atomic E-state index is 12.9. The van der Waals surface area contributed by atoms with Crippen LogP contribution in [-0.2, 0) is 22.6 Å². The number of amides is 3. The van der Waals surface area contributed by atoms with Crippen molar-refractivity contribution in [3.05, 3.63) is 126 Å². The molecule has 0 atom stereocenters. The van der Waals surface area contributed by atoms with Crippen LogP contribution in [0.2, 0.25) is 0 Å². The molecule has 4 aromatic rings. The molecule has 0 spiro atoms. The Morgan fingerprint density at radius 1 is 0.641 bits per heavy atom. The maximum Gasteiger partial charge on any atom is 0.253 e. The van der Waals surface area contributed by atoms with E-state index >= 15 is 0 Å². The third-order valence-corrected chi connectivity index (χ3v) is 6.11. The Hall–Kier alpha value is -4.91. The van der Waals surface area contributed by atoms with Crippen molar-refractivity contribution in [1.82, 2.24) is 4.90 Å². The first-order chi connectivity index (χ1) is 19.0. The Balaban J connectivity index is 1.22. The molecule has 7 nitrogen and oxygen atoms in total. The van der Waals surface area contributed by atoms with Crippen molar-refractivity contribution in [1.29, 1.82) is 0 Å². The number of hydrogen-bond acceptors (Lipinski definition) is 4. The van der Waals surface area contributed by atoms with Gasteiger partial charge in [-0.05, 0) is 60.0 Å². The van der Waals surface area contributed by atoms with Gasteiger partial charge in [-0.2, -0.15) is 0 Å². The van der Waals surface area contributed by atoms with Gasteiger partial charge in [0.15, 0.2) is 0 Å². The molecule has 39 heavy (non-hydrogen) atoms. The third kappa shape index (κ3) is 8.57. The largest absolute Gasteiger partial charge is 0.376 e. The summed E-state index contributed by atoms with van der Waals surface area (Å²) in [6, 6.07) is 33.8. The van der Waals surface area contributed by atoms with Crippen LogP contribution in [0.25, 0.3) is 0 Å². The van der Waals surface area contributed by atoms with Gasteiger partial charge in [0.25, 0.3) is 5.91 Å². The molecule has 0 aliphatic rings. The molecule has 0 aliphatic carbocycles. The molecule has 4 aromatic carbocycles. The minimum atomic E-state index is -0.229. The van der Waals surface area contributed by atoms with Crippen LogP contribution in [-0.4, -0.2) is 36.2 Å². The van der Waals surface area contributed by atoms with E-state index in [1.54, 1.807) is 54.4 Å². The lowest BCUT2D eigenvalue weighted by atomic mass is 10.1. The zero-order chi connectivity index (χ0) is 27.5. The van der Waals surface area contributed by atoms with Crippen molar-refractivity contribution < 1.29 is 14.4 Å². The third-order valence-electron chi connectivity index (χ3n) is 6.11. The standard InChI is InChI=1S/C32H32N4O3/c1-36(23-25-11-6-3-7-12-25)32(39)26-13-8-14-29(21-26)33-22-31(38)35-28-18-16-27(17-19-28)34-30(37)20-15-24-9-4-2-5-10-24/h2-14,16-19,21,33H,15,20,22-23H2,1H3,(H,34,37)(H,35,38). The van der Waals surface area contributed by atoms with Crippen molar-refractivity contribution in [3.8, 4) is 0 Å². The van der Waals surface area contributed by atoms with Crippen LogP contribution in [0.4, 0.5) is 17.1 Å². The van der Waals surface area contributed by atoms with E-state index in [0.717, 1.165) is 11.1 Å². The van der Waals surface area contributed by atoms with Gasteiger partial charge in [-0.3, -0.25) is 14.4 Å². The molecule has 0 unspecified atom stereocenters. The summed E-state index contributed by atoms with van der Waals surface area (Å²) in [6.07, 6.45) is 1.07. The Bertz CT molecular complexity index is 1390. The van der Waals surface area contributed by atoms with Gasteiger partial charge in [0.2, 0.25) is 11.8 Å². The monoisotopic (exact) mass is 520 g/mol. The summed E-state index contributed by atoms with van der Waals surface area (Å²) in [4.78, 5) is 39.3. The van der Waals surface area contributed by atoms with Crippen molar-refractivity contribution in [3.63, 3.8) is 0 Å². The Morgan fingerprint density at radius 3 is 1.87 bits per heavy atom. The highest BCUT2D eigenvalue weighted by Gasteiger charge is 2.13. The first-order valence-electron chi connectivity index (χ1n) is 12.8. The molecular weight excluding hydrogens is 488 g/mol. The number of nitrogens with one attached hydrogen (secondary N) is 3. The van der Waals surface area contributed by atoms with Crippen molar-refractivity contribution in [2.24, 2.45) is 0 Å². The fourth-order valence-electron chi connectivity index (χ4n) is 4.06. The summed E-state index contributed by atoms with van der Waals surface area (Å²) >= 11 is 0. The fraction of sp³-hybridized carbons (Fsp3) is 0.156. The lowest BCUT2D eigenvalue weighted by Crippen LogP contribution is -2.26. The highest BCUT2D eigenvalue weighted by atomic mass is 16.2. The van der Waals surface area contributed by atoms with Crippen LogP contribution in [0.5, 0.6) is 0 Å². The van der Waals surface area contributed by atoms with E-state index in [-0.39, 0.29) is 24.3 Å². The minimum Gasteiger partial charge on any atom is -0.376 e. The van der Waals surface area contributed by atoms with E-state index in [2.05, 4.69) is 16.0 Å². The molecule has 7 heteroatoms. The number of benzene rings is 4. The second-order valence-corrected chi connectivity index (χ2v) is 9.24. The average molecular weight is 521 g/mol. The van der Waals surface area contributed by atoms with E-state index in [9.17, 15) is 14.4 Å². The second kappa shape index (κ2) is 13.6. The molecule has 0 fully saturated rings. The summed E-state index contributed by atoms with van der Waals surface area (Å²) in [6.45, 7) is 0.547. The highest BCUT2D eigenvalue weighted by Crippen LogP contribution is 2.16. The Kier molecular flexibility index (Phi) is 9.45. The lowest BCUT2D eigenvalue weighted by Gasteiger charge is -2.18. The molecule has 3 amide bonds. The summed E-state index contributed by atoms with van der Waals surface area (Å²) in [7, 11) is 1.77. The summed E-state index contributed by atoms with van der Waals surface area (Å²) in [5.74, 6) is -0.390. The van der Waals surface area contributed by atoms with Crippen LogP contribution >= 0.6 is 0 Å². The number of nitrogens with zero attached hydrogens (tertiary/aromatic N) is 1. The lowest BCUT2D eigenvalue weighted by molar-refractivity contribution is -0.116. The molecule has 0 aliphatic heterocycles. The summed E-state index contributed by atoms with van der Waals surface area (Å²) in [5.41, 5.74) is 4.68. The molecule has 3 N–H and O–H groups in total. The molecule has 0 heterocycles. The number of aryl methyl sites for hydroxylation is 1. The zero-order valence-electron chi connectivity index (χ0n) is 21.9. The van der Waals surface area contributed by atoms with Crippen LogP contribution in [0.15, 0.2) is 109 Å².